The molecular formula is C15H28N2O2. The summed E-state index contributed by atoms with van der Waals surface area (Å²) in [6.45, 7) is 12.4. The van der Waals surface area contributed by atoms with Gasteiger partial charge in [0.25, 0.3) is 0 Å². The molecule has 2 heterocycles. The summed E-state index contributed by atoms with van der Waals surface area (Å²) < 4.78 is 5.70. The van der Waals surface area contributed by atoms with Crippen LogP contribution in [0.2, 0.25) is 0 Å². The summed E-state index contributed by atoms with van der Waals surface area (Å²) in [5, 5.41) is 13.4. The van der Waals surface area contributed by atoms with Crippen LogP contribution in [0.4, 0.5) is 0 Å². The number of aromatic nitrogens is 1. The minimum absolute atomic E-state index is 0.334. The lowest BCUT2D eigenvalue weighted by molar-refractivity contribution is 0.0728. The van der Waals surface area contributed by atoms with Crippen molar-refractivity contribution in [2.24, 2.45) is 0 Å². The number of aliphatic hydroxyl groups is 1. The molecule has 4 heteroatoms. The van der Waals surface area contributed by atoms with Crippen LogP contribution in [-0.2, 0) is 5.60 Å². The molecule has 2 atom stereocenters. The lowest BCUT2D eigenvalue weighted by Gasteiger charge is -2.25. The van der Waals surface area contributed by atoms with Crippen LogP contribution in [0.1, 0.15) is 70.7 Å². The quantitative estimate of drug-likeness (QED) is 0.865. The molecule has 110 valence electrons. The van der Waals surface area contributed by atoms with E-state index in [9.17, 15) is 5.11 Å². The van der Waals surface area contributed by atoms with Crippen molar-refractivity contribution >= 4 is 0 Å². The summed E-state index contributed by atoms with van der Waals surface area (Å²) in [4.78, 5) is 4.47. The van der Waals surface area contributed by atoms with Crippen LogP contribution < -0.4 is 5.32 Å². The molecule has 0 bridgehead atoms. The average molecular weight is 268 g/mol. The smallest absolute Gasteiger partial charge is 0.199 e. The van der Waals surface area contributed by atoms with Crippen LogP contribution in [0.3, 0.4) is 0 Å². The summed E-state index contributed by atoms with van der Waals surface area (Å²) in [5.74, 6) is 1.83. The second-order valence-corrected chi connectivity index (χ2v) is 5.60. The molecule has 1 unspecified atom stereocenters. The first-order valence-corrected chi connectivity index (χ1v) is 7.31. The predicted molar refractivity (Wildman–Crippen MR) is 77.3 cm³/mol. The summed E-state index contributed by atoms with van der Waals surface area (Å²) >= 11 is 0. The van der Waals surface area contributed by atoms with Gasteiger partial charge in [0, 0.05) is 18.5 Å². The Bertz CT molecular complexity index is 385. The van der Waals surface area contributed by atoms with Crippen molar-refractivity contribution in [1.29, 1.82) is 0 Å². The fourth-order valence-electron chi connectivity index (χ4n) is 2.37. The molecule has 2 N–H and O–H groups in total. The van der Waals surface area contributed by atoms with Gasteiger partial charge in [0.2, 0.25) is 0 Å². The second kappa shape index (κ2) is 6.53. The number of nitrogens with one attached hydrogen (secondary N) is 1. The summed E-state index contributed by atoms with van der Waals surface area (Å²) in [6.07, 6.45) is 2.24. The molecule has 2 rings (SSSR count). The van der Waals surface area contributed by atoms with E-state index in [1.54, 1.807) is 13.8 Å². The van der Waals surface area contributed by atoms with Crippen molar-refractivity contribution in [1.82, 2.24) is 10.3 Å². The molecule has 1 saturated heterocycles. The minimum atomic E-state index is -0.929. The Morgan fingerprint density at radius 3 is 2.37 bits per heavy atom. The Morgan fingerprint density at radius 2 is 1.95 bits per heavy atom. The molecule has 0 spiro atoms. The fourth-order valence-corrected chi connectivity index (χ4v) is 2.37. The van der Waals surface area contributed by atoms with Gasteiger partial charge >= 0.3 is 0 Å². The van der Waals surface area contributed by atoms with Gasteiger partial charge in [-0.1, -0.05) is 13.8 Å². The first-order chi connectivity index (χ1) is 8.88. The third-order valence-corrected chi connectivity index (χ3v) is 3.40. The number of hydrogen-bond acceptors (Lipinski definition) is 4. The predicted octanol–water partition coefficient (Wildman–Crippen LogP) is 3.09. The van der Waals surface area contributed by atoms with E-state index in [0.29, 0.717) is 17.7 Å². The normalized spacial score (nSPS) is 23.7. The summed E-state index contributed by atoms with van der Waals surface area (Å²) in [6, 6.07) is 0.580. The van der Waals surface area contributed by atoms with E-state index in [-0.39, 0.29) is 0 Å². The van der Waals surface area contributed by atoms with Crippen molar-refractivity contribution < 1.29 is 9.52 Å². The fraction of sp³-hybridized carbons (Fsp3) is 0.800. The molecule has 0 amide bonds. The first kappa shape index (κ1) is 16.2. The lowest BCUT2D eigenvalue weighted by Crippen LogP contribution is -2.35. The largest absolute Gasteiger partial charge is 0.445 e. The molecule has 0 radical (unpaired) electrons. The van der Waals surface area contributed by atoms with Crippen LogP contribution in [0.15, 0.2) is 4.42 Å². The Labute approximate surface area is 116 Å². The third-order valence-electron chi connectivity index (χ3n) is 3.40. The van der Waals surface area contributed by atoms with Crippen LogP contribution in [0.5, 0.6) is 0 Å². The molecule has 0 aromatic carbocycles. The SMILES string of the molecule is CC.Cc1oc(C2CC[C@@H](C)NC2)nc1C(C)(C)O. The Balaban J connectivity index is 0.000000861. The van der Waals surface area contributed by atoms with Crippen molar-refractivity contribution in [2.75, 3.05) is 6.54 Å². The number of oxazole rings is 1. The van der Waals surface area contributed by atoms with Crippen molar-refractivity contribution in [3.8, 4) is 0 Å². The van der Waals surface area contributed by atoms with Crippen LogP contribution in [-0.4, -0.2) is 22.7 Å². The maximum atomic E-state index is 9.99. The Kier molecular flexibility index (Phi) is 5.56. The van der Waals surface area contributed by atoms with Gasteiger partial charge in [-0.3, -0.25) is 0 Å². The maximum absolute atomic E-state index is 9.99. The zero-order valence-electron chi connectivity index (χ0n) is 13.1. The molecule has 1 fully saturated rings. The zero-order valence-corrected chi connectivity index (χ0v) is 13.1. The van der Waals surface area contributed by atoms with Crippen molar-refractivity contribution in [2.45, 2.75) is 71.9 Å². The molecule has 1 aliphatic heterocycles. The van der Waals surface area contributed by atoms with E-state index < -0.39 is 5.60 Å². The topological polar surface area (TPSA) is 58.3 Å². The van der Waals surface area contributed by atoms with Crippen LogP contribution in [0, 0.1) is 6.92 Å². The highest BCUT2D eigenvalue weighted by Crippen LogP contribution is 2.29. The number of piperidine rings is 1. The minimum Gasteiger partial charge on any atom is -0.445 e. The number of nitrogens with zero attached hydrogens (tertiary/aromatic N) is 1. The Hall–Kier alpha value is -0.870. The summed E-state index contributed by atoms with van der Waals surface area (Å²) in [7, 11) is 0. The van der Waals surface area contributed by atoms with Crippen molar-refractivity contribution in [3.63, 3.8) is 0 Å². The molecule has 0 aliphatic carbocycles. The van der Waals surface area contributed by atoms with Crippen molar-refractivity contribution in [3.05, 3.63) is 17.3 Å². The maximum Gasteiger partial charge on any atom is 0.199 e. The van der Waals surface area contributed by atoms with E-state index in [1.807, 2.05) is 20.8 Å². The van der Waals surface area contributed by atoms with Crippen LogP contribution >= 0.6 is 0 Å². The molecule has 1 aromatic heterocycles. The monoisotopic (exact) mass is 268 g/mol. The van der Waals surface area contributed by atoms with Gasteiger partial charge in [0.1, 0.15) is 17.1 Å². The molecule has 1 aromatic rings. The lowest BCUT2D eigenvalue weighted by atomic mass is 9.95. The molecule has 4 nitrogen and oxygen atoms in total. The molecule has 19 heavy (non-hydrogen) atoms. The highest BCUT2D eigenvalue weighted by atomic mass is 16.4. The van der Waals surface area contributed by atoms with Gasteiger partial charge < -0.3 is 14.8 Å². The van der Waals surface area contributed by atoms with E-state index in [2.05, 4.69) is 17.2 Å². The first-order valence-electron chi connectivity index (χ1n) is 7.31. The second-order valence-electron chi connectivity index (χ2n) is 5.60. The highest BCUT2D eigenvalue weighted by Gasteiger charge is 2.29. The number of rotatable bonds is 2. The zero-order chi connectivity index (χ0) is 14.6. The van der Waals surface area contributed by atoms with Gasteiger partial charge in [-0.2, -0.15) is 0 Å². The van der Waals surface area contributed by atoms with Gasteiger partial charge in [0.15, 0.2) is 5.89 Å². The van der Waals surface area contributed by atoms with Gasteiger partial charge in [-0.15, -0.1) is 0 Å². The van der Waals surface area contributed by atoms with E-state index >= 15 is 0 Å². The van der Waals surface area contributed by atoms with Gasteiger partial charge in [0.05, 0.1) is 0 Å². The summed E-state index contributed by atoms with van der Waals surface area (Å²) in [5.41, 5.74) is -0.271. The van der Waals surface area contributed by atoms with E-state index in [0.717, 1.165) is 31.0 Å². The van der Waals surface area contributed by atoms with E-state index in [1.165, 1.54) is 0 Å². The molecule has 1 aliphatic rings. The van der Waals surface area contributed by atoms with Crippen LogP contribution in [0.25, 0.3) is 0 Å². The Morgan fingerprint density at radius 1 is 1.32 bits per heavy atom. The van der Waals surface area contributed by atoms with Gasteiger partial charge in [-0.25, -0.2) is 4.98 Å². The number of aryl methyl sites for hydroxylation is 1. The highest BCUT2D eigenvalue weighted by molar-refractivity contribution is 5.17. The standard InChI is InChI=1S/C13H22N2O2.C2H6/c1-8-5-6-10(7-14-8)12-15-11(9(2)17-12)13(3,4)16;1-2/h8,10,14,16H,5-7H2,1-4H3;1-2H3/t8-,10?;/m1./s1. The van der Waals surface area contributed by atoms with Gasteiger partial charge in [-0.05, 0) is 40.5 Å². The van der Waals surface area contributed by atoms with E-state index in [4.69, 9.17) is 4.42 Å². The molecule has 0 saturated carbocycles. The average Bonchev–Trinajstić information content (AvgIpc) is 2.75. The number of hydrogen-bond donors (Lipinski definition) is 2. The molecular weight excluding hydrogens is 240 g/mol. The third kappa shape index (κ3) is 4.05.